The van der Waals surface area contributed by atoms with Crippen LogP contribution in [0.5, 0.6) is 0 Å². The minimum atomic E-state index is 0.294. The summed E-state index contributed by atoms with van der Waals surface area (Å²) >= 11 is 9.28. The zero-order chi connectivity index (χ0) is 11.4. The third-order valence-corrected chi connectivity index (χ3v) is 4.93. The van der Waals surface area contributed by atoms with Crippen molar-refractivity contribution in [1.82, 2.24) is 0 Å². The van der Waals surface area contributed by atoms with Gasteiger partial charge < -0.3 is 10.2 Å². The van der Waals surface area contributed by atoms with E-state index in [1.165, 1.54) is 4.88 Å². The quantitative estimate of drug-likeness (QED) is 0.897. The van der Waals surface area contributed by atoms with Gasteiger partial charge in [0.05, 0.1) is 21.6 Å². The van der Waals surface area contributed by atoms with Gasteiger partial charge in [-0.25, -0.2) is 0 Å². The van der Waals surface area contributed by atoms with E-state index in [1.54, 1.807) is 29.4 Å². The highest BCUT2D eigenvalue weighted by molar-refractivity contribution is 7.98. The Balaban J connectivity index is 1.96. The maximum absolute atomic E-state index is 5.91. The molecular weight excluding hydrogens is 262 g/mol. The van der Waals surface area contributed by atoms with Gasteiger partial charge in [-0.1, -0.05) is 11.6 Å². The van der Waals surface area contributed by atoms with Crippen LogP contribution in [0, 0.1) is 0 Å². The lowest BCUT2D eigenvalue weighted by molar-refractivity contribution is 0.530. The number of thioether (sulfide) groups is 1. The monoisotopic (exact) mass is 273 g/mol. The molecule has 2 heterocycles. The second kappa shape index (κ2) is 5.77. The lowest BCUT2D eigenvalue weighted by atomic mass is 10.3. The molecule has 2 aromatic heterocycles. The molecule has 0 saturated heterocycles. The number of rotatable bonds is 5. The molecule has 2 N–H and O–H groups in total. The standard InChI is InChI=1S/C11H12ClNOS2/c12-11-4-3-9(16-11)10(6-13)15-7-8-2-1-5-14-8/h1-5,10H,6-7,13H2. The molecule has 0 aliphatic heterocycles. The van der Waals surface area contributed by atoms with Gasteiger partial charge >= 0.3 is 0 Å². The zero-order valence-corrected chi connectivity index (χ0v) is 10.9. The summed E-state index contributed by atoms with van der Waals surface area (Å²) < 4.78 is 6.10. The van der Waals surface area contributed by atoms with E-state index in [0.29, 0.717) is 11.8 Å². The van der Waals surface area contributed by atoms with Crippen LogP contribution in [-0.2, 0) is 5.75 Å². The van der Waals surface area contributed by atoms with Crippen LogP contribution in [-0.4, -0.2) is 6.54 Å². The number of hydrogen-bond donors (Lipinski definition) is 1. The summed E-state index contributed by atoms with van der Waals surface area (Å²) in [6, 6.07) is 7.83. The first-order valence-corrected chi connectivity index (χ1v) is 7.13. The van der Waals surface area contributed by atoms with E-state index in [-0.39, 0.29) is 0 Å². The maximum Gasteiger partial charge on any atom is 0.113 e. The molecule has 2 nitrogen and oxygen atoms in total. The summed E-state index contributed by atoms with van der Waals surface area (Å²) in [5, 5.41) is 0.294. The van der Waals surface area contributed by atoms with Crippen molar-refractivity contribution < 1.29 is 4.42 Å². The molecule has 5 heteroatoms. The summed E-state index contributed by atoms with van der Waals surface area (Å²) in [4.78, 5) is 1.23. The van der Waals surface area contributed by atoms with E-state index in [9.17, 15) is 0 Å². The van der Waals surface area contributed by atoms with Gasteiger partial charge in [-0.3, -0.25) is 0 Å². The van der Waals surface area contributed by atoms with E-state index in [1.807, 2.05) is 24.3 Å². The lowest BCUT2D eigenvalue weighted by Gasteiger charge is -2.11. The molecule has 1 unspecified atom stereocenters. The summed E-state index contributed by atoms with van der Waals surface area (Å²) in [7, 11) is 0. The molecule has 86 valence electrons. The molecule has 1 atom stereocenters. The zero-order valence-electron chi connectivity index (χ0n) is 8.56. The largest absolute Gasteiger partial charge is 0.468 e. The van der Waals surface area contributed by atoms with Crippen molar-refractivity contribution in [3.8, 4) is 0 Å². The van der Waals surface area contributed by atoms with Crippen LogP contribution in [0.4, 0.5) is 0 Å². The molecule has 0 aliphatic carbocycles. The number of halogens is 1. The summed E-state index contributed by atoms with van der Waals surface area (Å²) in [5.41, 5.74) is 5.77. The van der Waals surface area contributed by atoms with Gasteiger partial charge in [0.25, 0.3) is 0 Å². The molecular formula is C11H12ClNOS2. The second-order valence-corrected chi connectivity index (χ2v) is 6.19. The summed E-state index contributed by atoms with van der Waals surface area (Å²) in [6.07, 6.45) is 1.69. The highest BCUT2D eigenvalue weighted by atomic mass is 35.5. The Hall–Kier alpha value is -0.420. The Morgan fingerprint density at radius 1 is 1.44 bits per heavy atom. The average molecular weight is 274 g/mol. The van der Waals surface area contributed by atoms with Crippen LogP contribution in [0.15, 0.2) is 34.9 Å². The molecule has 0 aromatic carbocycles. The number of furan rings is 1. The van der Waals surface area contributed by atoms with Crippen molar-refractivity contribution in [3.05, 3.63) is 45.5 Å². The van der Waals surface area contributed by atoms with Gasteiger partial charge in [0.15, 0.2) is 0 Å². The first kappa shape index (κ1) is 12.0. The molecule has 0 aliphatic rings. The smallest absolute Gasteiger partial charge is 0.113 e. The number of thiophene rings is 1. The molecule has 0 spiro atoms. The highest BCUT2D eigenvalue weighted by Gasteiger charge is 2.13. The Morgan fingerprint density at radius 3 is 2.88 bits per heavy atom. The Morgan fingerprint density at radius 2 is 2.31 bits per heavy atom. The van der Waals surface area contributed by atoms with Crippen LogP contribution >= 0.6 is 34.7 Å². The van der Waals surface area contributed by atoms with Crippen molar-refractivity contribution in [3.63, 3.8) is 0 Å². The van der Waals surface area contributed by atoms with Crippen molar-refractivity contribution in [1.29, 1.82) is 0 Å². The molecule has 0 amide bonds. The summed E-state index contributed by atoms with van der Waals surface area (Å²) in [6.45, 7) is 0.613. The van der Waals surface area contributed by atoms with Gasteiger partial charge in [0.2, 0.25) is 0 Å². The number of nitrogens with two attached hydrogens (primary N) is 1. The normalized spacial score (nSPS) is 12.9. The SMILES string of the molecule is NCC(SCc1ccco1)c1ccc(Cl)s1. The van der Waals surface area contributed by atoms with Gasteiger partial charge in [-0.2, -0.15) is 0 Å². The van der Waals surface area contributed by atoms with Crippen molar-refractivity contribution in [2.75, 3.05) is 6.54 Å². The van der Waals surface area contributed by atoms with Crippen LogP contribution in [0.1, 0.15) is 15.9 Å². The fraction of sp³-hybridized carbons (Fsp3) is 0.273. The van der Waals surface area contributed by atoms with E-state index < -0.39 is 0 Å². The minimum Gasteiger partial charge on any atom is -0.468 e. The number of hydrogen-bond acceptors (Lipinski definition) is 4. The molecule has 0 fully saturated rings. The lowest BCUT2D eigenvalue weighted by Crippen LogP contribution is -2.08. The second-order valence-electron chi connectivity index (χ2n) is 3.26. The first-order valence-electron chi connectivity index (χ1n) is 4.89. The predicted octanol–water partition coefficient (Wildman–Crippen LogP) is 3.93. The van der Waals surface area contributed by atoms with E-state index in [2.05, 4.69) is 0 Å². The third-order valence-electron chi connectivity index (χ3n) is 2.13. The maximum atomic E-state index is 5.91. The van der Waals surface area contributed by atoms with E-state index in [4.69, 9.17) is 21.8 Å². The summed E-state index contributed by atoms with van der Waals surface area (Å²) in [5.74, 6) is 1.82. The molecule has 0 saturated carbocycles. The Bertz CT molecular complexity index is 427. The van der Waals surface area contributed by atoms with Gasteiger partial charge in [0.1, 0.15) is 5.76 Å². The van der Waals surface area contributed by atoms with Crippen molar-refractivity contribution in [2.24, 2.45) is 5.73 Å². The van der Waals surface area contributed by atoms with Crippen LogP contribution < -0.4 is 5.73 Å². The van der Waals surface area contributed by atoms with E-state index in [0.717, 1.165) is 15.8 Å². The Kier molecular flexibility index (Phi) is 4.35. The van der Waals surface area contributed by atoms with Crippen molar-refractivity contribution in [2.45, 2.75) is 11.0 Å². The van der Waals surface area contributed by atoms with Gasteiger partial charge in [-0.15, -0.1) is 23.1 Å². The highest BCUT2D eigenvalue weighted by Crippen LogP contribution is 2.36. The van der Waals surface area contributed by atoms with Crippen molar-refractivity contribution >= 4 is 34.7 Å². The van der Waals surface area contributed by atoms with Gasteiger partial charge in [0, 0.05) is 11.4 Å². The topological polar surface area (TPSA) is 39.2 Å². The average Bonchev–Trinajstić information content (AvgIpc) is 2.91. The molecule has 2 rings (SSSR count). The van der Waals surface area contributed by atoms with Gasteiger partial charge in [-0.05, 0) is 24.3 Å². The fourth-order valence-electron chi connectivity index (χ4n) is 1.35. The minimum absolute atomic E-state index is 0.294. The van der Waals surface area contributed by atoms with Crippen LogP contribution in [0.2, 0.25) is 4.34 Å². The fourth-order valence-corrected chi connectivity index (χ4v) is 3.66. The van der Waals surface area contributed by atoms with Crippen LogP contribution in [0.3, 0.4) is 0 Å². The molecule has 2 aromatic rings. The van der Waals surface area contributed by atoms with E-state index >= 15 is 0 Å². The predicted molar refractivity (Wildman–Crippen MR) is 71.1 cm³/mol. The molecule has 0 bridgehead atoms. The molecule has 0 radical (unpaired) electrons. The molecule has 16 heavy (non-hydrogen) atoms. The first-order chi connectivity index (χ1) is 7.79. The Labute approximate surface area is 108 Å². The third kappa shape index (κ3) is 3.04. The van der Waals surface area contributed by atoms with Crippen LogP contribution in [0.25, 0.3) is 0 Å².